The number of aliphatic carboxylic acids is 1. The summed E-state index contributed by atoms with van der Waals surface area (Å²) in [5.74, 6) is -2.02. The molecule has 2 atom stereocenters. The molecule has 1 amide bonds. The van der Waals surface area contributed by atoms with Crippen LogP contribution in [0.25, 0.3) is 0 Å². The van der Waals surface area contributed by atoms with Gasteiger partial charge in [0.25, 0.3) is 0 Å². The summed E-state index contributed by atoms with van der Waals surface area (Å²) in [4.78, 5) is 30.5. The minimum atomic E-state index is -0.870. The van der Waals surface area contributed by atoms with Gasteiger partial charge < -0.3 is 14.9 Å². The number of likely N-dealkylation sites (N-methyl/N-ethyl adjacent to an activating group) is 1. The van der Waals surface area contributed by atoms with Gasteiger partial charge in [0.05, 0.1) is 11.8 Å². The third-order valence-corrected chi connectivity index (χ3v) is 5.33. The molecule has 1 aromatic rings. The molecule has 0 saturated carbocycles. The summed E-state index contributed by atoms with van der Waals surface area (Å²) < 4.78 is 13.4. The van der Waals surface area contributed by atoms with Gasteiger partial charge in [-0.15, -0.1) is 0 Å². The zero-order valence-electron chi connectivity index (χ0n) is 15.1. The number of carboxylic acids is 1. The highest BCUT2D eigenvalue weighted by Crippen LogP contribution is 2.26. The second-order valence-corrected chi connectivity index (χ2v) is 7.42. The summed E-state index contributed by atoms with van der Waals surface area (Å²) in [6.07, 6.45) is 0.375. The highest BCUT2D eigenvalue weighted by atomic mass is 19.1. The maximum atomic E-state index is 13.4. The van der Waals surface area contributed by atoms with Crippen LogP contribution in [-0.4, -0.2) is 78.0 Å². The van der Waals surface area contributed by atoms with Crippen LogP contribution in [0.3, 0.4) is 0 Å². The lowest BCUT2D eigenvalue weighted by molar-refractivity contribution is -0.148. The van der Waals surface area contributed by atoms with E-state index >= 15 is 0 Å². The Labute approximate surface area is 153 Å². The fourth-order valence-corrected chi connectivity index (χ4v) is 3.86. The standard InChI is InChI=1S/C19H26FN3O3/c1-21-5-7-23(8-6-21)18(24)15-10-16(19(25)26)13-22(12-15)11-14-3-2-4-17(20)9-14/h2-4,9,15-16H,5-8,10-13H2,1H3,(H,25,26)/t15-,16+/m0/s1. The van der Waals surface area contributed by atoms with Gasteiger partial charge in [0.1, 0.15) is 5.82 Å². The fraction of sp³-hybridized carbons (Fsp3) is 0.579. The van der Waals surface area contributed by atoms with Gasteiger partial charge >= 0.3 is 5.97 Å². The summed E-state index contributed by atoms with van der Waals surface area (Å²) in [6.45, 7) is 4.42. The molecule has 26 heavy (non-hydrogen) atoms. The summed E-state index contributed by atoms with van der Waals surface area (Å²) >= 11 is 0. The molecule has 2 saturated heterocycles. The Bertz CT molecular complexity index is 661. The van der Waals surface area contributed by atoms with Crippen molar-refractivity contribution in [1.82, 2.24) is 14.7 Å². The van der Waals surface area contributed by atoms with Crippen LogP contribution in [0.5, 0.6) is 0 Å². The Balaban J connectivity index is 1.69. The third-order valence-electron chi connectivity index (χ3n) is 5.33. The number of hydrogen-bond donors (Lipinski definition) is 1. The number of hydrogen-bond acceptors (Lipinski definition) is 4. The monoisotopic (exact) mass is 363 g/mol. The predicted molar refractivity (Wildman–Crippen MR) is 95.0 cm³/mol. The number of benzene rings is 1. The first kappa shape index (κ1) is 18.8. The van der Waals surface area contributed by atoms with E-state index in [0.717, 1.165) is 18.7 Å². The van der Waals surface area contributed by atoms with E-state index in [9.17, 15) is 19.1 Å². The second-order valence-electron chi connectivity index (χ2n) is 7.42. The first-order valence-corrected chi connectivity index (χ1v) is 9.09. The lowest BCUT2D eigenvalue weighted by Gasteiger charge is -2.39. The molecule has 2 aliphatic heterocycles. The summed E-state index contributed by atoms with van der Waals surface area (Å²) in [5.41, 5.74) is 0.793. The number of carbonyl (C=O) groups excluding carboxylic acids is 1. The average Bonchev–Trinajstić information content (AvgIpc) is 2.61. The van der Waals surface area contributed by atoms with Gasteiger partial charge in [0, 0.05) is 45.8 Å². The van der Waals surface area contributed by atoms with Crippen LogP contribution >= 0.6 is 0 Å². The zero-order valence-corrected chi connectivity index (χ0v) is 15.1. The number of piperazine rings is 1. The molecule has 0 spiro atoms. The van der Waals surface area contributed by atoms with Crippen LogP contribution in [-0.2, 0) is 16.1 Å². The van der Waals surface area contributed by atoms with Gasteiger partial charge in [-0.3, -0.25) is 14.5 Å². The molecular formula is C19H26FN3O3. The van der Waals surface area contributed by atoms with Gasteiger partial charge in [0.2, 0.25) is 5.91 Å². The molecule has 0 radical (unpaired) electrons. The smallest absolute Gasteiger partial charge is 0.307 e. The Morgan fingerprint density at radius 1 is 1.15 bits per heavy atom. The van der Waals surface area contributed by atoms with Crippen LogP contribution < -0.4 is 0 Å². The van der Waals surface area contributed by atoms with Crippen LogP contribution in [0, 0.1) is 17.7 Å². The minimum absolute atomic E-state index is 0.0493. The SMILES string of the molecule is CN1CCN(C(=O)[C@H]2C[C@@H](C(=O)O)CN(Cc3cccc(F)c3)C2)CC1. The Morgan fingerprint density at radius 2 is 1.85 bits per heavy atom. The summed E-state index contributed by atoms with van der Waals surface area (Å²) in [7, 11) is 2.03. The average molecular weight is 363 g/mol. The lowest BCUT2D eigenvalue weighted by Crippen LogP contribution is -2.53. The fourth-order valence-electron chi connectivity index (χ4n) is 3.86. The van der Waals surface area contributed by atoms with Crippen molar-refractivity contribution in [3.8, 4) is 0 Å². The first-order chi connectivity index (χ1) is 12.4. The Hall–Kier alpha value is -1.99. The molecule has 142 valence electrons. The molecule has 1 aromatic carbocycles. The number of carbonyl (C=O) groups is 2. The van der Waals surface area contributed by atoms with Crippen molar-refractivity contribution in [2.45, 2.75) is 13.0 Å². The van der Waals surface area contributed by atoms with E-state index in [1.165, 1.54) is 12.1 Å². The summed E-state index contributed by atoms with van der Waals surface area (Å²) in [6, 6.07) is 6.32. The maximum Gasteiger partial charge on any atom is 0.307 e. The van der Waals surface area contributed by atoms with Crippen molar-refractivity contribution < 1.29 is 19.1 Å². The number of carboxylic acid groups (broad SMARTS) is 1. The third kappa shape index (κ3) is 4.59. The van der Waals surface area contributed by atoms with Crippen LogP contribution in [0.4, 0.5) is 4.39 Å². The van der Waals surface area contributed by atoms with Gasteiger partial charge in [-0.05, 0) is 31.2 Å². The second kappa shape index (κ2) is 8.14. The number of rotatable bonds is 4. The molecule has 7 heteroatoms. The number of piperidine rings is 1. The van der Waals surface area contributed by atoms with E-state index in [4.69, 9.17) is 0 Å². The van der Waals surface area contributed by atoms with E-state index < -0.39 is 11.9 Å². The molecule has 2 heterocycles. The van der Waals surface area contributed by atoms with Gasteiger partial charge in [0.15, 0.2) is 0 Å². The number of likely N-dealkylation sites (tertiary alicyclic amines) is 1. The lowest BCUT2D eigenvalue weighted by atomic mass is 9.87. The number of amides is 1. The summed E-state index contributed by atoms with van der Waals surface area (Å²) in [5, 5.41) is 9.49. The highest BCUT2D eigenvalue weighted by Gasteiger charge is 2.37. The van der Waals surface area contributed by atoms with E-state index in [1.54, 1.807) is 6.07 Å². The van der Waals surface area contributed by atoms with Crippen LogP contribution in [0.2, 0.25) is 0 Å². The Kier molecular flexibility index (Phi) is 5.88. The van der Waals surface area contributed by atoms with Crippen molar-refractivity contribution in [3.05, 3.63) is 35.6 Å². The van der Waals surface area contributed by atoms with Crippen LogP contribution in [0.1, 0.15) is 12.0 Å². The van der Waals surface area contributed by atoms with E-state index in [2.05, 4.69) is 4.90 Å². The van der Waals surface area contributed by atoms with Gasteiger partial charge in [-0.2, -0.15) is 0 Å². The van der Waals surface area contributed by atoms with Crippen molar-refractivity contribution in [2.75, 3.05) is 46.3 Å². The van der Waals surface area contributed by atoms with Gasteiger partial charge in [-0.1, -0.05) is 12.1 Å². The van der Waals surface area contributed by atoms with Crippen molar-refractivity contribution >= 4 is 11.9 Å². The van der Waals surface area contributed by atoms with E-state index in [-0.39, 0.29) is 17.6 Å². The van der Waals surface area contributed by atoms with Crippen molar-refractivity contribution in [2.24, 2.45) is 11.8 Å². The number of halogens is 1. The molecule has 0 bridgehead atoms. The molecule has 1 N–H and O–H groups in total. The van der Waals surface area contributed by atoms with Crippen molar-refractivity contribution in [1.29, 1.82) is 0 Å². The minimum Gasteiger partial charge on any atom is -0.481 e. The highest BCUT2D eigenvalue weighted by molar-refractivity contribution is 5.80. The maximum absolute atomic E-state index is 13.4. The largest absolute Gasteiger partial charge is 0.481 e. The molecule has 0 aliphatic carbocycles. The predicted octanol–water partition coefficient (Wildman–Crippen LogP) is 1.12. The quantitative estimate of drug-likeness (QED) is 0.869. The van der Waals surface area contributed by atoms with Gasteiger partial charge in [-0.25, -0.2) is 4.39 Å². The van der Waals surface area contributed by atoms with Crippen LogP contribution in [0.15, 0.2) is 24.3 Å². The first-order valence-electron chi connectivity index (χ1n) is 9.09. The molecule has 0 unspecified atom stereocenters. The molecule has 3 rings (SSSR count). The molecule has 6 nitrogen and oxygen atoms in total. The molecule has 2 fully saturated rings. The molecule has 0 aromatic heterocycles. The zero-order chi connectivity index (χ0) is 18.7. The molecular weight excluding hydrogens is 337 g/mol. The topological polar surface area (TPSA) is 64.1 Å². The van der Waals surface area contributed by atoms with E-state index in [1.807, 2.05) is 22.9 Å². The van der Waals surface area contributed by atoms with Crippen molar-refractivity contribution in [3.63, 3.8) is 0 Å². The number of nitrogens with zero attached hydrogens (tertiary/aromatic N) is 3. The Morgan fingerprint density at radius 3 is 2.50 bits per heavy atom. The van der Waals surface area contributed by atoms with E-state index in [0.29, 0.717) is 39.1 Å². The normalized spacial score (nSPS) is 25.2. The molecule has 2 aliphatic rings.